The molecule has 29 heavy (non-hydrogen) atoms. The number of rotatable bonds is 6. The molecule has 1 aromatic heterocycles. The number of piperidine rings is 1. The van der Waals surface area contributed by atoms with E-state index in [1.807, 2.05) is 18.5 Å². The summed E-state index contributed by atoms with van der Waals surface area (Å²) in [7, 11) is 0. The number of nitrogens with zero attached hydrogens (tertiary/aromatic N) is 3. The molecule has 5 heteroatoms. The number of carbonyl (C=O) groups is 1. The van der Waals surface area contributed by atoms with E-state index in [0.717, 1.165) is 42.4 Å². The molecule has 2 aliphatic rings. The summed E-state index contributed by atoms with van der Waals surface area (Å²) in [5.74, 6) is 1.58. The van der Waals surface area contributed by atoms with Gasteiger partial charge in [0.25, 0.3) is 5.91 Å². The van der Waals surface area contributed by atoms with Gasteiger partial charge in [-0.05, 0) is 62.3 Å². The summed E-state index contributed by atoms with van der Waals surface area (Å²) in [5, 5.41) is 3.10. The molecule has 2 aromatic rings. The first-order valence-corrected chi connectivity index (χ1v) is 11.6. The van der Waals surface area contributed by atoms with Gasteiger partial charge in [-0.3, -0.25) is 4.79 Å². The number of carbonyl (C=O) groups excluding carboxylic acids is 1. The zero-order valence-corrected chi connectivity index (χ0v) is 18.1. The van der Waals surface area contributed by atoms with Gasteiger partial charge < -0.3 is 14.8 Å². The maximum atomic E-state index is 12.6. The Labute approximate surface area is 174 Å². The lowest BCUT2D eigenvalue weighted by Gasteiger charge is -2.34. The molecule has 0 radical (unpaired) electrons. The van der Waals surface area contributed by atoms with E-state index in [9.17, 15) is 4.79 Å². The Morgan fingerprint density at radius 1 is 1.14 bits per heavy atom. The van der Waals surface area contributed by atoms with Gasteiger partial charge in [-0.2, -0.15) is 0 Å². The summed E-state index contributed by atoms with van der Waals surface area (Å²) in [4.78, 5) is 19.7. The number of imidazole rings is 1. The topological polar surface area (TPSA) is 50.2 Å². The van der Waals surface area contributed by atoms with Crippen LogP contribution in [0.5, 0.6) is 0 Å². The maximum Gasteiger partial charge on any atom is 0.251 e. The van der Waals surface area contributed by atoms with E-state index < -0.39 is 0 Å². The van der Waals surface area contributed by atoms with Gasteiger partial charge in [0.15, 0.2) is 0 Å². The van der Waals surface area contributed by atoms with Crippen LogP contribution in [-0.2, 0) is 0 Å². The lowest BCUT2D eigenvalue weighted by Crippen LogP contribution is -2.40. The molecule has 1 aliphatic carbocycles. The van der Waals surface area contributed by atoms with Crippen molar-refractivity contribution in [2.24, 2.45) is 11.8 Å². The van der Waals surface area contributed by atoms with Crippen molar-refractivity contribution in [3.05, 3.63) is 30.1 Å². The number of likely N-dealkylation sites (tertiary alicyclic amines) is 1. The van der Waals surface area contributed by atoms with Gasteiger partial charge in [0.1, 0.15) is 0 Å². The van der Waals surface area contributed by atoms with Gasteiger partial charge >= 0.3 is 0 Å². The Morgan fingerprint density at radius 2 is 1.90 bits per heavy atom. The molecule has 4 rings (SSSR count). The van der Waals surface area contributed by atoms with Crippen LogP contribution in [0.2, 0.25) is 0 Å². The van der Waals surface area contributed by atoms with E-state index in [1.54, 1.807) is 0 Å². The summed E-state index contributed by atoms with van der Waals surface area (Å²) in [6, 6.07) is 6.53. The van der Waals surface area contributed by atoms with E-state index in [4.69, 9.17) is 0 Å². The Morgan fingerprint density at radius 3 is 2.66 bits per heavy atom. The fraction of sp³-hybridized carbons (Fsp3) is 0.667. The lowest BCUT2D eigenvalue weighted by atomic mass is 9.92. The van der Waals surface area contributed by atoms with Crippen LogP contribution in [0.15, 0.2) is 24.5 Å². The average molecular weight is 397 g/mol. The van der Waals surface area contributed by atoms with E-state index in [2.05, 4.69) is 39.7 Å². The van der Waals surface area contributed by atoms with Gasteiger partial charge in [0, 0.05) is 31.2 Å². The van der Waals surface area contributed by atoms with Crippen molar-refractivity contribution in [3.63, 3.8) is 0 Å². The quantitative estimate of drug-likeness (QED) is 0.724. The van der Waals surface area contributed by atoms with Crippen LogP contribution in [0, 0.1) is 11.8 Å². The fourth-order valence-corrected chi connectivity index (χ4v) is 5.40. The van der Waals surface area contributed by atoms with Crippen LogP contribution in [0.3, 0.4) is 0 Å². The van der Waals surface area contributed by atoms with Crippen LogP contribution >= 0.6 is 0 Å². The second-order valence-corrected chi connectivity index (χ2v) is 9.46. The molecule has 1 N–H and O–H groups in total. The van der Waals surface area contributed by atoms with Crippen molar-refractivity contribution >= 4 is 16.9 Å². The zero-order valence-electron chi connectivity index (χ0n) is 18.1. The van der Waals surface area contributed by atoms with Crippen LogP contribution in [-0.4, -0.2) is 46.5 Å². The van der Waals surface area contributed by atoms with Gasteiger partial charge in [-0.25, -0.2) is 4.98 Å². The Bertz CT molecular complexity index is 813. The zero-order chi connectivity index (χ0) is 20.2. The van der Waals surface area contributed by atoms with E-state index in [0.29, 0.717) is 11.6 Å². The highest BCUT2D eigenvalue weighted by Gasteiger charge is 2.21. The van der Waals surface area contributed by atoms with Crippen molar-refractivity contribution in [3.8, 4) is 0 Å². The summed E-state index contributed by atoms with van der Waals surface area (Å²) in [5.41, 5.74) is 2.80. The first-order chi connectivity index (χ1) is 14.1. The second-order valence-electron chi connectivity index (χ2n) is 9.46. The smallest absolute Gasteiger partial charge is 0.251 e. The summed E-state index contributed by atoms with van der Waals surface area (Å²) in [6.07, 6.45) is 10.7. The SMILES string of the molecule is C[C@@H]1C[C@H](C)CN(CCCNC(=O)c2ccc3c(c2)ncn3C2CCCCC2)C1. The summed E-state index contributed by atoms with van der Waals surface area (Å²) in [6.45, 7) is 8.87. The van der Waals surface area contributed by atoms with Crippen LogP contribution < -0.4 is 5.32 Å². The minimum atomic E-state index is 0.0134. The van der Waals surface area contributed by atoms with Crippen LogP contribution in [0.25, 0.3) is 11.0 Å². The van der Waals surface area contributed by atoms with E-state index in [-0.39, 0.29) is 5.91 Å². The first-order valence-electron chi connectivity index (χ1n) is 11.6. The largest absolute Gasteiger partial charge is 0.352 e. The van der Waals surface area contributed by atoms with Gasteiger partial charge in [0.05, 0.1) is 17.4 Å². The van der Waals surface area contributed by atoms with Crippen molar-refractivity contribution in [1.82, 2.24) is 19.8 Å². The lowest BCUT2D eigenvalue weighted by molar-refractivity contribution is 0.0947. The average Bonchev–Trinajstić information content (AvgIpc) is 3.14. The van der Waals surface area contributed by atoms with Gasteiger partial charge in [0.2, 0.25) is 0 Å². The predicted molar refractivity (Wildman–Crippen MR) is 118 cm³/mol. The van der Waals surface area contributed by atoms with Crippen LogP contribution in [0.4, 0.5) is 0 Å². The minimum absolute atomic E-state index is 0.0134. The molecular formula is C24H36N4O. The molecule has 0 bridgehead atoms. The third-order valence-electron chi connectivity index (χ3n) is 6.69. The summed E-state index contributed by atoms with van der Waals surface area (Å²) < 4.78 is 2.32. The highest BCUT2D eigenvalue weighted by Crippen LogP contribution is 2.31. The van der Waals surface area contributed by atoms with Crippen molar-refractivity contribution < 1.29 is 4.79 Å². The number of fused-ring (bicyclic) bond motifs is 1. The Hall–Kier alpha value is -1.88. The Kier molecular flexibility index (Phi) is 6.53. The first kappa shape index (κ1) is 20.4. The molecule has 5 nitrogen and oxygen atoms in total. The number of hydrogen-bond acceptors (Lipinski definition) is 3. The molecule has 158 valence electrons. The van der Waals surface area contributed by atoms with Crippen molar-refractivity contribution in [2.45, 2.75) is 64.8 Å². The fourth-order valence-electron chi connectivity index (χ4n) is 5.40. The number of amides is 1. The monoisotopic (exact) mass is 396 g/mol. The predicted octanol–water partition coefficient (Wildman–Crippen LogP) is 4.64. The van der Waals surface area contributed by atoms with Crippen LogP contribution in [0.1, 0.15) is 75.2 Å². The number of aromatic nitrogens is 2. The highest BCUT2D eigenvalue weighted by atomic mass is 16.1. The van der Waals surface area contributed by atoms with Crippen molar-refractivity contribution in [2.75, 3.05) is 26.2 Å². The van der Waals surface area contributed by atoms with E-state index in [1.165, 1.54) is 51.6 Å². The van der Waals surface area contributed by atoms with Gasteiger partial charge in [-0.15, -0.1) is 0 Å². The molecule has 2 fully saturated rings. The third kappa shape index (κ3) is 5.00. The molecule has 1 saturated carbocycles. The highest BCUT2D eigenvalue weighted by molar-refractivity contribution is 5.97. The molecule has 2 heterocycles. The molecular weight excluding hydrogens is 360 g/mol. The number of hydrogen-bond donors (Lipinski definition) is 1. The maximum absolute atomic E-state index is 12.6. The minimum Gasteiger partial charge on any atom is -0.352 e. The normalized spacial score (nSPS) is 24.1. The molecule has 1 amide bonds. The second kappa shape index (κ2) is 9.29. The number of benzene rings is 1. The molecule has 0 unspecified atom stereocenters. The molecule has 2 atom stereocenters. The summed E-state index contributed by atoms with van der Waals surface area (Å²) >= 11 is 0. The molecule has 1 aliphatic heterocycles. The Balaban J connectivity index is 1.29. The molecule has 1 aromatic carbocycles. The van der Waals surface area contributed by atoms with Crippen molar-refractivity contribution in [1.29, 1.82) is 0 Å². The third-order valence-corrected chi connectivity index (χ3v) is 6.69. The van der Waals surface area contributed by atoms with E-state index >= 15 is 0 Å². The van der Waals surface area contributed by atoms with Gasteiger partial charge in [-0.1, -0.05) is 33.1 Å². The molecule has 1 saturated heterocycles. The number of nitrogens with one attached hydrogen (secondary N) is 1. The molecule has 0 spiro atoms. The standard InChI is InChI=1S/C24H36N4O/c1-18-13-19(2)16-27(15-18)12-6-11-25-24(29)20-9-10-23-22(14-20)26-17-28(23)21-7-4-3-5-8-21/h9-10,14,17-19,21H,3-8,11-13,15-16H2,1-2H3,(H,25,29)/t18-,19+.